The smallest absolute Gasteiger partial charge is 0.144 e. The molecular weight excluding hydrogens is 324 g/mol. The van der Waals surface area contributed by atoms with Crippen LogP contribution < -0.4 is 0 Å². The summed E-state index contributed by atoms with van der Waals surface area (Å²) in [5.41, 5.74) is 3.26. The van der Waals surface area contributed by atoms with Gasteiger partial charge in [0.15, 0.2) is 0 Å². The van der Waals surface area contributed by atoms with Crippen LogP contribution >= 0.6 is 15.9 Å². The van der Waals surface area contributed by atoms with E-state index < -0.39 is 11.4 Å². The lowest BCUT2D eigenvalue weighted by molar-refractivity contribution is 0.562. The van der Waals surface area contributed by atoms with Gasteiger partial charge in [-0.3, -0.25) is 4.98 Å². The molecule has 0 saturated carbocycles. The number of aryl methyl sites for hydroxylation is 1. The van der Waals surface area contributed by atoms with Gasteiger partial charge >= 0.3 is 0 Å². The summed E-state index contributed by atoms with van der Waals surface area (Å²) in [6.07, 6.45) is 6.17. The summed E-state index contributed by atoms with van der Waals surface area (Å²) >= 11 is 2.37. The molecule has 1 aromatic heterocycles. The van der Waals surface area contributed by atoms with Crippen LogP contribution in [0.15, 0.2) is 14.9 Å². The molecule has 19 heavy (non-hydrogen) atoms. The molecule has 104 valence electrons. The van der Waals surface area contributed by atoms with Gasteiger partial charge in [-0.2, -0.15) is 0 Å². The Balaban J connectivity index is 2.22. The quantitative estimate of drug-likeness (QED) is 0.608. The lowest BCUT2D eigenvalue weighted by atomic mass is 9.96. The highest BCUT2D eigenvalue weighted by molar-refractivity contribution is 9.10. The van der Waals surface area contributed by atoms with Crippen molar-refractivity contribution < 1.29 is 4.55 Å². The fraction of sp³-hybridized carbons (Fsp3) is 0.571. The van der Waals surface area contributed by atoms with Crippen LogP contribution in [0.2, 0.25) is 0 Å². The number of fused-ring (bicyclic) bond motifs is 1. The lowest BCUT2D eigenvalue weighted by Gasteiger charge is -2.18. The topological polar surface area (TPSA) is 48.3 Å². The summed E-state index contributed by atoms with van der Waals surface area (Å²) in [7, 11) is 0. The Morgan fingerprint density at radius 1 is 1.37 bits per heavy atom. The van der Waals surface area contributed by atoms with E-state index in [1.54, 1.807) is 6.21 Å². The van der Waals surface area contributed by atoms with E-state index in [-0.39, 0.29) is 4.75 Å². The third-order valence-corrected chi connectivity index (χ3v) is 5.12. The van der Waals surface area contributed by atoms with Gasteiger partial charge in [-0.05, 0) is 58.1 Å². The highest BCUT2D eigenvalue weighted by atomic mass is 79.9. The molecule has 1 aliphatic rings. The van der Waals surface area contributed by atoms with E-state index >= 15 is 0 Å². The Morgan fingerprint density at radius 3 is 2.74 bits per heavy atom. The van der Waals surface area contributed by atoms with Gasteiger partial charge in [0, 0.05) is 10.2 Å². The predicted octanol–water partition coefficient (Wildman–Crippen LogP) is 3.60. The van der Waals surface area contributed by atoms with Crippen LogP contribution in [0.25, 0.3) is 0 Å². The lowest BCUT2D eigenvalue weighted by Crippen LogP contribution is -2.25. The van der Waals surface area contributed by atoms with Crippen LogP contribution in [0.5, 0.6) is 0 Å². The summed E-state index contributed by atoms with van der Waals surface area (Å²) in [4.78, 5) is 4.61. The monoisotopic (exact) mass is 342 g/mol. The third-order valence-electron chi connectivity index (χ3n) is 3.07. The second kappa shape index (κ2) is 5.94. The van der Waals surface area contributed by atoms with E-state index in [1.807, 2.05) is 26.8 Å². The molecule has 0 aliphatic heterocycles. The Morgan fingerprint density at radius 2 is 2.05 bits per heavy atom. The number of hydrogen-bond donors (Lipinski definition) is 0. The number of halogens is 1. The molecule has 0 radical (unpaired) electrons. The van der Waals surface area contributed by atoms with E-state index in [1.165, 1.54) is 18.4 Å². The first-order valence-electron chi connectivity index (χ1n) is 6.52. The standard InChI is InChI=1S/C14H19BrN2OS/c1-14(2,3)19(18)16-9-10-8-12(15)11-6-4-5-7-13(11)17-10/h8-9H,4-7H2,1-3H3/t19-/m0/s1. The molecule has 0 N–H and O–H groups in total. The molecule has 1 heterocycles. The minimum Gasteiger partial charge on any atom is -0.591 e. The van der Waals surface area contributed by atoms with Crippen LogP contribution in [0.1, 0.15) is 50.6 Å². The van der Waals surface area contributed by atoms with E-state index in [0.29, 0.717) is 0 Å². The van der Waals surface area contributed by atoms with Crippen molar-refractivity contribution in [1.29, 1.82) is 0 Å². The minimum atomic E-state index is -1.23. The van der Waals surface area contributed by atoms with Gasteiger partial charge in [0.1, 0.15) is 22.3 Å². The maximum absolute atomic E-state index is 11.9. The number of nitrogens with zero attached hydrogens (tertiary/aromatic N) is 2. The first-order valence-corrected chi connectivity index (χ1v) is 8.42. The average molecular weight is 343 g/mol. The molecular formula is C14H19BrN2OS. The molecule has 0 bridgehead atoms. The van der Waals surface area contributed by atoms with Gasteiger partial charge in [-0.25, -0.2) is 0 Å². The maximum Gasteiger partial charge on any atom is 0.144 e. The molecule has 0 unspecified atom stereocenters. The van der Waals surface area contributed by atoms with E-state index in [2.05, 4.69) is 25.3 Å². The van der Waals surface area contributed by atoms with Crippen molar-refractivity contribution in [1.82, 2.24) is 4.98 Å². The van der Waals surface area contributed by atoms with Gasteiger partial charge in [0.25, 0.3) is 0 Å². The van der Waals surface area contributed by atoms with E-state index in [9.17, 15) is 4.55 Å². The van der Waals surface area contributed by atoms with Crippen LogP contribution in [0, 0.1) is 0 Å². The van der Waals surface area contributed by atoms with Crippen molar-refractivity contribution in [2.45, 2.75) is 51.2 Å². The van der Waals surface area contributed by atoms with Crippen molar-refractivity contribution in [2.75, 3.05) is 0 Å². The zero-order valence-electron chi connectivity index (χ0n) is 11.6. The fourth-order valence-electron chi connectivity index (χ4n) is 2.00. The van der Waals surface area contributed by atoms with Gasteiger partial charge in [0.2, 0.25) is 0 Å². The Kier molecular flexibility index (Phi) is 4.69. The molecule has 0 aromatic carbocycles. The molecule has 0 saturated heterocycles. The largest absolute Gasteiger partial charge is 0.591 e. The minimum absolute atomic E-state index is 0.331. The van der Waals surface area contributed by atoms with Gasteiger partial charge in [0.05, 0.1) is 5.69 Å². The Labute approximate surface area is 126 Å². The number of hydrogen-bond acceptors (Lipinski definition) is 3. The van der Waals surface area contributed by atoms with Crippen molar-refractivity contribution in [3.05, 3.63) is 27.5 Å². The third kappa shape index (κ3) is 3.80. The molecule has 1 aromatic rings. The van der Waals surface area contributed by atoms with Gasteiger partial charge < -0.3 is 4.55 Å². The summed E-state index contributed by atoms with van der Waals surface area (Å²) < 4.78 is 16.8. The normalized spacial score (nSPS) is 17.5. The first kappa shape index (κ1) is 15.0. The fourth-order valence-corrected chi connectivity index (χ4v) is 3.18. The molecule has 5 heteroatoms. The maximum atomic E-state index is 11.9. The van der Waals surface area contributed by atoms with Crippen LogP contribution in [-0.2, 0) is 24.2 Å². The van der Waals surface area contributed by atoms with Crippen LogP contribution in [0.4, 0.5) is 0 Å². The average Bonchev–Trinajstić information content (AvgIpc) is 2.35. The second-order valence-corrected chi connectivity index (χ2v) is 8.55. The summed E-state index contributed by atoms with van der Waals surface area (Å²) in [5, 5.41) is 0. The second-order valence-electron chi connectivity index (χ2n) is 5.76. The van der Waals surface area contributed by atoms with Crippen molar-refractivity contribution >= 4 is 33.5 Å². The molecule has 2 rings (SSSR count). The highest BCUT2D eigenvalue weighted by Gasteiger charge is 2.26. The zero-order valence-corrected chi connectivity index (χ0v) is 14.0. The predicted molar refractivity (Wildman–Crippen MR) is 84.1 cm³/mol. The Hall–Kier alpha value is -0.390. The van der Waals surface area contributed by atoms with Crippen molar-refractivity contribution in [2.24, 2.45) is 4.40 Å². The number of rotatable bonds is 2. The number of pyridine rings is 1. The molecule has 3 nitrogen and oxygen atoms in total. The molecule has 0 amide bonds. The molecule has 0 fully saturated rings. The van der Waals surface area contributed by atoms with Crippen molar-refractivity contribution in [3.63, 3.8) is 0 Å². The van der Waals surface area contributed by atoms with E-state index in [0.717, 1.165) is 28.7 Å². The van der Waals surface area contributed by atoms with Gasteiger partial charge in [-0.15, -0.1) is 0 Å². The van der Waals surface area contributed by atoms with Crippen LogP contribution in [-0.4, -0.2) is 20.5 Å². The summed E-state index contributed by atoms with van der Waals surface area (Å²) in [6.45, 7) is 5.74. The van der Waals surface area contributed by atoms with Crippen LogP contribution in [0.3, 0.4) is 0 Å². The molecule has 0 spiro atoms. The summed E-state index contributed by atoms with van der Waals surface area (Å²) in [5.74, 6) is 0. The zero-order chi connectivity index (χ0) is 14.0. The summed E-state index contributed by atoms with van der Waals surface area (Å²) in [6, 6.07) is 1.97. The molecule has 1 atom stereocenters. The number of aromatic nitrogens is 1. The Bertz CT molecular complexity index is 497. The van der Waals surface area contributed by atoms with Gasteiger partial charge in [-0.1, -0.05) is 20.3 Å². The highest BCUT2D eigenvalue weighted by Crippen LogP contribution is 2.27. The molecule has 1 aliphatic carbocycles. The van der Waals surface area contributed by atoms with E-state index in [4.69, 9.17) is 0 Å². The van der Waals surface area contributed by atoms with Crippen molar-refractivity contribution in [3.8, 4) is 0 Å². The SMILES string of the molecule is CC(C)(C)[S@+]([O-])N=Cc1cc(Br)c2c(n1)CCCC2. The first-order chi connectivity index (χ1) is 8.88.